The quantitative estimate of drug-likeness (QED) is 0.457. The van der Waals surface area contributed by atoms with Crippen LogP contribution in [0.15, 0.2) is 47.4 Å². The summed E-state index contributed by atoms with van der Waals surface area (Å²) in [6.07, 6.45) is 1.12. The van der Waals surface area contributed by atoms with E-state index in [-0.39, 0.29) is 9.92 Å². The fraction of sp³-hybridized carbons (Fsp3) is 0.381. The van der Waals surface area contributed by atoms with E-state index < -0.39 is 27.4 Å². The molecular weight excluding hydrogens is 515 g/mol. The molecule has 2 atom stereocenters. The first-order valence-electron chi connectivity index (χ1n) is 9.95. The van der Waals surface area contributed by atoms with Crippen LogP contribution in [0.3, 0.4) is 0 Å². The second-order valence-electron chi connectivity index (χ2n) is 7.44. The zero-order chi connectivity index (χ0) is 23.5. The molecule has 2 unspecified atom stereocenters. The van der Waals surface area contributed by atoms with Gasteiger partial charge in [0.05, 0.1) is 15.6 Å². The lowest BCUT2D eigenvalue weighted by atomic mass is 10.1. The summed E-state index contributed by atoms with van der Waals surface area (Å²) in [6.45, 7) is 3.06. The molecule has 1 fully saturated rings. The number of rotatable bonds is 9. The maximum absolute atomic E-state index is 13.6. The molecule has 11 heteroatoms. The third-order valence-electron chi connectivity index (χ3n) is 5.18. The van der Waals surface area contributed by atoms with Gasteiger partial charge in [0, 0.05) is 28.4 Å². The molecule has 32 heavy (non-hydrogen) atoms. The van der Waals surface area contributed by atoms with E-state index in [2.05, 4.69) is 0 Å². The van der Waals surface area contributed by atoms with E-state index in [0.717, 1.165) is 5.75 Å². The summed E-state index contributed by atoms with van der Waals surface area (Å²) in [5.41, 5.74) is 0.293. The van der Waals surface area contributed by atoms with Crippen LogP contribution in [0.5, 0.6) is 0 Å². The molecule has 1 aliphatic heterocycles. The van der Waals surface area contributed by atoms with Gasteiger partial charge >= 0.3 is 5.97 Å². The summed E-state index contributed by atoms with van der Waals surface area (Å²) in [7, 11) is -3.96. The van der Waals surface area contributed by atoms with Crippen LogP contribution >= 0.6 is 46.6 Å². The monoisotopic (exact) mass is 536 g/mol. The summed E-state index contributed by atoms with van der Waals surface area (Å²) in [6, 6.07) is 10.2. The Labute approximate surface area is 207 Å². The number of carbonyl (C=O) groups is 1. The smallest absolute Gasteiger partial charge is 0.331 e. The number of thioether (sulfide) groups is 1. The van der Waals surface area contributed by atoms with Crippen LogP contribution in [0.2, 0.25) is 15.1 Å². The van der Waals surface area contributed by atoms with Crippen molar-refractivity contribution in [3.8, 4) is 0 Å². The number of carboxylic acid groups (broad SMARTS) is 1. The molecule has 6 nitrogen and oxygen atoms in total. The van der Waals surface area contributed by atoms with Crippen LogP contribution < -0.4 is 4.31 Å². The molecule has 0 aliphatic carbocycles. The predicted molar refractivity (Wildman–Crippen MR) is 132 cm³/mol. The van der Waals surface area contributed by atoms with E-state index in [1.807, 2.05) is 4.90 Å². The lowest BCUT2D eigenvalue weighted by Gasteiger charge is -2.32. The molecule has 174 valence electrons. The minimum absolute atomic E-state index is 0.0895. The zero-order valence-corrected chi connectivity index (χ0v) is 21.1. The number of hydrogen-bond donors (Lipinski definition) is 1. The minimum atomic E-state index is -3.96. The summed E-state index contributed by atoms with van der Waals surface area (Å²) in [4.78, 5) is 13.4. The van der Waals surface area contributed by atoms with E-state index in [1.165, 1.54) is 46.4 Å². The standard InChI is InChI=1S/C21H23Cl3N2O4S2/c1-14(3-2-10-25-11-12-31-20(25)21(27)28)26(19-13-16(23)6-9-18(19)24)32(29,30)17-7-4-15(22)5-8-17/h4-9,13-14,20H,2-3,10-12H2,1H3,(H,27,28). The minimum Gasteiger partial charge on any atom is -0.479 e. The third-order valence-corrected chi connectivity index (χ3v) is 9.16. The van der Waals surface area contributed by atoms with Gasteiger partial charge in [-0.05, 0) is 68.8 Å². The highest BCUT2D eigenvalue weighted by atomic mass is 35.5. The maximum Gasteiger partial charge on any atom is 0.331 e. The molecule has 2 aromatic carbocycles. The first-order chi connectivity index (χ1) is 15.1. The van der Waals surface area contributed by atoms with Gasteiger partial charge in [-0.2, -0.15) is 0 Å². The van der Waals surface area contributed by atoms with Crippen molar-refractivity contribution < 1.29 is 18.3 Å². The summed E-state index contributed by atoms with van der Waals surface area (Å²) in [5, 5.41) is 9.86. The van der Waals surface area contributed by atoms with Gasteiger partial charge in [0.25, 0.3) is 10.0 Å². The molecule has 3 rings (SSSR count). The first-order valence-corrected chi connectivity index (χ1v) is 13.6. The Hall–Kier alpha value is -1.16. The van der Waals surface area contributed by atoms with Crippen molar-refractivity contribution in [2.45, 2.75) is 36.1 Å². The third kappa shape index (κ3) is 5.85. The second-order valence-corrected chi connectivity index (χ2v) is 11.7. The van der Waals surface area contributed by atoms with Crippen molar-refractivity contribution >= 4 is 68.2 Å². The van der Waals surface area contributed by atoms with Crippen molar-refractivity contribution in [3.63, 3.8) is 0 Å². The molecule has 0 saturated carbocycles. The molecule has 1 N–H and O–H groups in total. The second kappa shape index (κ2) is 10.8. The highest BCUT2D eigenvalue weighted by molar-refractivity contribution is 8.00. The topological polar surface area (TPSA) is 77.9 Å². The van der Waals surface area contributed by atoms with Crippen LogP contribution in [0, 0.1) is 0 Å². The van der Waals surface area contributed by atoms with Crippen LogP contribution in [0.1, 0.15) is 19.8 Å². The lowest BCUT2D eigenvalue weighted by Crippen LogP contribution is -2.40. The first kappa shape index (κ1) is 25.5. The summed E-state index contributed by atoms with van der Waals surface area (Å²) < 4.78 is 28.5. The van der Waals surface area contributed by atoms with Gasteiger partial charge < -0.3 is 5.11 Å². The van der Waals surface area contributed by atoms with E-state index in [9.17, 15) is 18.3 Å². The van der Waals surface area contributed by atoms with Crippen LogP contribution in [-0.4, -0.2) is 54.7 Å². The highest BCUT2D eigenvalue weighted by Crippen LogP contribution is 2.36. The Balaban J connectivity index is 1.86. The number of benzene rings is 2. The van der Waals surface area contributed by atoms with Crippen molar-refractivity contribution in [2.75, 3.05) is 23.1 Å². The normalized spacial score (nSPS) is 17.9. The Morgan fingerprint density at radius 1 is 1.19 bits per heavy atom. The van der Waals surface area contributed by atoms with Gasteiger partial charge in [-0.3, -0.25) is 9.21 Å². The van der Waals surface area contributed by atoms with Gasteiger partial charge in [0.2, 0.25) is 0 Å². The number of halogens is 3. The van der Waals surface area contributed by atoms with Crippen molar-refractivity contribution in [1.82, 2.24) is 4.90 Å². The molecular formula is C21H23Cl3N2O4S2. The van der Waals surface area contributed by atoms with Crippen LogP contribution in [0.25, 0.3) is 0 Å². The Morgan fingerprint density at radius 3 is 2.50 bits per heavy atom. The fourth-order valence-electron chi connectivity index (χ4n) is 3.65. The van der Waals surface area contributed by atoms with Crippen molar-refractivity contribution in [3.05, 3.63) is 57.5 Å². The molecule has 0 bridgehead atoms. The maximum atomic E-state index is 13.6. The van der Waals surface area contributed by atoms with E-state index in [4.69, 9.17) is 34.8 Å². The zero-order valence-electron chi connectivity index (χ0n) is 17.2. The number of aliphatic carboxylic acids is 1. The van der Waals surface area contributed by atoms with Gasteiger partial charge in [-0.1, -0.05) is 34.8 Å². The number of sulfonamides is 1. The van der Waals surface area contributed by atoms with Gasteiger partial charge in [0.15, 0.2) is 5.37 Å². The lowest BCUT2D eigenvalue weighted by molar-refractivity contribution is -0.139. The van der Waals surface area contributed by atoms with Crippen molar-refractivity contribution in [1.29, 1.82) is 0 Å². The van der Waals surface area contributed by atoms with Gasteiger partial charge in [0.1, 0.15) is 0 Å². The molecule has 0 amide bonds. The van der Waals surface area contributed by atoms with E-state index in [0.29, 0.717) is 41.7 Å². The number of carboxylic acids is 1. The molecule has 1 saturated heterocycles. The molecule has 0 spiro atoms. The largest absolute Gasteiger partial charge is 0.479 e. The average molecular weight is 538 g/mol. The Morgan fingerprint density at radius 2 is 1.84 bits per heavy atom. The number of nitrogens with zero attached hydrogens (tertiary/aromatic N) is 2. The predicted octanol–water partition coefficient (Wildman–Crippen LogP) is 5.47. The Kier molecular flexibility index (Phi) is 8.63. The molecule has 2 aromatic rings. The van der Waals surface area contributed by atoms with Crippen molar-refractivity contribution in [2.24, 2.45) is 0 Å². The molecule has 0 aromatic heterocycles. The van der Waals surface area contributed by atoms with Crippen LogP contribution in [-0.2, 0) is 14.8 Å². The molecule has 0 radical (unpaired) electrons. The molecule has 1 heterocycles. The van der Waals surface area contributed by atoms with E-state index >= 15 is 0 Å². The number of hydrogen-bond acceptors (Lipinski definition) is 5. The SMILES string of the molecule is CC(CCCN1CCSC1C(=O)O)N(c1cc(Cl)ccc1Cl)S(=O)(=O)c1ccc(Cl)cc1. The average Bonchev–Trinajstić information content (AvgIpc) is 3.20. The van der Waals surface area contributed by atoms with E-state index in [1.54, 1.807) is 19.1 Å². The fourth-order valence-corrected chi connectivity index (χ4v) is 7.02. The summed E-state index contributed by atoms with van der Waals surface area (Å²) >= 11 is 19.9. The summed E-state index contributed by atoms with van der Waals surface area (Å²) in [5.74, 6) is -0.0833. The van der Waals surface area contributed by atoms with Crippen LogP contribution in [0.4, 0.5) is 5.69 Å². The highest BCUT2D eigenvalue weighted by Gasteiger charge is 2.33. The van der Waals surface area contributed by atoms with Gasteiger partial charge in [-0.25, -0.2) is 13.2 Å². The Bertz CT molecular complexity index is 1070. The number of anilines is 1. The van der Waals surface area contributed by atoms with Gasteiger partial charge in [-0.15, -0.1) is 11.8 Å². The molecule has 1 aliphatic rings.